The quantitative estimate of drug-likeness (QED) is 0.154. The number of barbiturate groups is 1. The minimum Gasteiger partial charge on any atom is -0.494 e. The van der Waals surface area contributed by atoms with Gasteiger partial charge in [-0.25, -0.2) is 9.69 Å². The van der Waals surface area contributed by atoms with Crippen LogP contribution in [0.25, 0.3) is 6.08 Å². The zero-order valence-electron chi connectivity index (χ0n) is 21.3. The van der Waals surface area contributed by atoms with Crippen molar-refractivity contribution in [2.75, 3.05) is 18.1 Å². The molecular weight excluding hydrogens is 635 g/mol. The first kappa shape index (κ1) is 28.4. The molecule has 0 unspecified atom stereocenters. The number of carbonyl (C=O) groups is 3. The zero-order chi connectivity index (χ0) is 27.9. The largest absolute Gasteiger partial charge is 0.494 e. The summed E-state index contributed by atoms with van der Waals surface area (Å²) in [6.45, 7) is 5.00. The summed E-state index contributed by atoms with van der Waals surface area (Å²) in [5.41, 5.74) is 1.48. The molecule has 4 amide bonds. The van der Waals surface area contributed by atoms with Crippen molar-refractivity contribution in [3.05, 3.63) is 86.0 Å². The van der Waals surface area contributed by atoms with Crippen LogP contribution in [0, 0.1) is 3.57 Å². The van der Waals surface area contributed by atoms with Crippen LogP contribution >= 0.6 is 34.2 Å². The molecule has 39 heavy (non-hydrogen) atoms. The van der Waals surface area contributed by atoms with Crippen LogP contribution in [-0.4, -0.2) is 31.1 Å². The number of hydrogen-bond acceptors (Lipinski definition) is 6. The first-order valence-corrected chi connectivity index (χ1v) is 13.7. The van der Waals surface area contributed by atoms with Crippen molar-refractivity contribution in [2.45, 2.75) is 26.9 Å². The van der Waals surface area contributed by atoms with Crippen molar-refractivity contribution < 1.29 is 28.6 Å². The summed E-state index contributed by atoms with van der Waals surface area (Å²) >= 11 is 8.37. The van der Waals surface area contributed by atoms with Gasteiger partial charge in [0.05, 0.1) is 22.5 Å². The molecule has 0 bridgehead atoms. The maximum absolute atomic E-state index is 13.3. The van der Waals surface area contributed by atoms with E-state index in [0.717, 1.165) is 16.9 Å². The predicted octanol–water partition coefficient (Wildman–Crippen LogP) is 6.38. The summed E-state index contributed by atoms with van der Waals surface area (Å²) in [7, 11) is 0. The molecule has 1 N–H and O–H groups in total. The molecule has 0 saturated carbocycles. The lowest BCUT2D eigenvalue weighted by atomic mass is 10.1. The Bertz CT molecular complexity index is 1420. The molecule has 4 rings (SSSR count). The van der Waals surface area contributed by atoms with E-state index in [1.165, 1.54) is 6.08 Å². The molecule has 3 aromatic rings. The predicted molar refractivity (Wildman–Crippen MR) is 157 cm³/mol. The number of urea groups is 1. The van der Waals surface area contributed by atoms with Gasteiger partial charge in [0.1, 0.15) is 17.9 Å². The number of anilines is 1. The Labute approximate surface area is 245 Å². The van der Waals surface area contributed by atoms with Crippen LogP contribution in [-0.2, 0) is 16.2 Å². The van der Waals surface area contributed by atoms with Gasteiger partial charge in [0.25, 0.3) is 11.8 Å². The van der Waals surface area contributed by atoms with Crippen LogP contribution in [0.2, 0.25) is 5.02 Å². The number of hydrogen-bond donors (Lipinski definition) is 1. The van der Waals surface area contributed by atoms with E-state index in [1.54, 1.807) is 42.5 Å². The molecule has 1 fully saturated rings. The molecule has 10 heteroatoms. The monoisotopic (exact) mass is 660 g/mol. The van der Waals surface area contributed by atoms with Gasteiger partial charge in [-0.05, 0) is 90.0 Å². The van der Waals surface area contributed by atoms with Crippen molar-refractivity contribution >= 4 is 63.8 Å². The van der Waals surface area contributed by atoms with Gasteiger partial charge in [0.15, 0.2) is 11.5 Å². The van der Waals surface area contributed by atoms with Crippen molar-refractivity contribution in [3.8, 4) is 17.2 Å². The third kappa shape index (κ3) is 6.72. The fourth-order valence-corrected chi connectivity index (χ4v) is 4.78. The highest BCUT2D eigenvalue weighted by Crippen LogP contribution is 2.36. The first-order valence-electron chi connectivity index (χ1n) is 12.3. The van der Waals surface area contributed by atoms with E-state index < -0.39 is 17.8 Å². The number of amides is 4. The highest BCUT2D eigenvalue weighted by atomic mass is 127. The summed E-state index contributed by atoms with van der Waals surface area (Å²) in [4.78, 5) is 39.5. The SMILES string of the molecule is CCCOc1ccc(N2C(=O)NC(=O)/C(=C/c3cc(I)c(OCc4ccccc4Cl)c(OCC)c3)C2=O)cc1. The van der Waals surface area contributed by atoms with E-state index in [-0.39, 0.29) is 12.2 Å². The summed E-state index contributed by atoms with van der Waals surface area (Å²) < 4.78 is 18.1. The number of imide groups is 2. The molecule has 1 aliphatic rings. The summed E-state index contributed by atoms with van der Waals surface area (Å²) in [5.74, 6) is 0.0602. The standard InChI is InChI=1S/C29H26ClIN2O6/c1-3-13-38-21-11-9-20(10-12-21)33-28(35)22(27(34)32-29(33)36)14-18-15-24(31)26(25(16-18)37-4-2)39-17-19-7-5-6-8-23(19)30/h5-12,14-16H,3-4,13,17H2,1-2H3,(H,32,34,36)/b22-14-. The van der Waals surface area contributed by atoms with Gasteiger partial charge in [-0.1, -0.05) is 36.7 Å². The zero-order valence-corrected chi connectivity index (χ0v) is 24.2. The molecule has 0 atom stereocenters. The Morgan fingerprint density at radius 2 is 1.72 bits per heavy atom. The Kier molecular flexibility index (Phi) is 9.47. The fourth-order valence-electron chi connectivity index (χ4n) is 3.81. The highest BCUT2D eigenvalue weighted by molar-refractivity contribution is 14.1. The Morgan fingerprint density at radius 1 is 0.974 bits per heavy atom. The number of nitrogens with one attached hydrogen (secondary N) is 1. The normalized spacial score (nSPS) is 14.4. The number of benzene rings is 3. The molecule has 3 aromatic carbocycles. The second-order valence-corrected chi connectivity index (χ2v) is 10.0. The Hall–Kier alpha value is -3.57. The van der Waals surface area contributed by atoms with E-state index in [9.17, 15) is 14.4 Å². The van der Waals surface area contributed by atoms with E-state index in [0.29, 0.717) is 50.3 Å². The molecule has 0 aromatic heterocycles. The second-order valence-electron chi connectivity index (χ2n) is 8.44. The van der Waals surface area contributed by atoms with Crippen LogP contribution < -0.4 is 24.4 Å². The molecule has 1 aliphatic heterocycles. The lowest BCUT2D eigenvalue weighted by Gasteiger charge is -2.26. The third-order valence-electron chi connectivity index (χ3n) is 5.64. The molecule has 0 radical (unpaired) electrons. The number of halogens is 2. The second kappa shape index (κ2) is 13.0. The van der Waals surface area contributed by atoms with E-state index in [1.807, 2.05) is 32.0 Å². The molecule has 8 nitrogen and oxygen atoms in total. The van der Waals surface area contributed by atoms with Gasteiger partial charge in [0.2, 0.25) is 0 Å². The average Bonchev–Trinajstić information content (AvgIpc) is 2.91. The van der Waals surface area contributed by atoms with Crippen LogP contribution in [0.15, 0.2) is 66.2 Å². The van der Waals surface area contributed by atoms with E-state index in [2.05, 4.69) is 27.9 Å². The fraction of sp³-hybridized carbons (Fsp3) is 0.207. The molecule has 0 aliphatic carbocycles. The van der Waals surface area contributed by atoms with Crippen LogP contribution in [0.5, 0.6) is 17.2 Å². The summed E-state index contributed by atoms with van der Waals surface area (Å²) in [6, 6.07) is 16.5. The maximum Gasteiger partial charge on any atom is 0.335 e. The number of rotatable bonds is 10. The van der Waals surface area contributed by atoms with Crippen molar-refractivity contribution in [2.24, 2.45) is 0 Å². The molecule has 0 spiro atoms. The molecular formula is C29H26ClIN2O6. The third-order valence-corrected chi connectivity index (χ3v) is 6.81. The van der Waals surface area contributed by atoms with Gasteiger partial charge in [-0.2, -0.15) is 0 Å². The van der Waals surface area contributed by atoms with E-state index in [4.69, 9.17) is 25.8 Å². The van der Waals surface area contributed by atoms with Gasteiger partial charge in [0, 0.05) is 10.6 Å². The molecule has 1 saturated heterocycles. The first-order chi connectivity index (χ1) is 18.8. The summed E-state index contributed by atoms with van der Waals surface area (Å²) in [6.07, 6.45) is 2.28. The Morgan fingerprint density at radius 3 is 2.41 bits per heavy atom. The van der Waals surface area contributed by atoms with Gasteiger partial charge >= 0.3 is 6.03 Å². The van der Waals surface area contributed by atoms with Crippen LogP contribution in [0.4, 0.5) is 10.5 Å². The minimum absolute atomic E-state index is 0.191. The van der Waals surface area contributed by atoms with Crippen LogP contribution in [0.3, 0.4) is 0 Å². The maximum atomic E-state index is 13.3. The number of ether oxygens (including phenoxy) is 3. The Balaban J connectivity index is 1.62. The molecule has 1 heterocycles. The minimum atomic E-state index is -0.822. The van der Waals surface area contributed by atoms with Crippen molar-refractivity contribution in [1.82, 2.24) is 5.32 Å². The van der Waals surface area contributed by atoms with Gasteiger partial charge in [-0.15, -0.1) is 0 Å². The number of nitrogens with zero attached hydrogens (tertiary/aromatic N) is 1. The van der Waals surface area contributed by atoms with Gasteiger partial charge in [-0.3, -0.25) is 14.9 Å². The van der Waals surface area contributed by atoms with E-state index >= 15 is 0 Å². The highest BCUT2D eigenvalue weighted by Gasteiger charge is 2.37. The lowest BCUT2D eigenvalue weighted by Crippen LogP contribution is -2.54. The number of carbonyl (C=O) groups excluding carboxylic acids is 3. The average molecular weight is 661 g/mol. The smallest absolute Gasteiger partial charge is 0.335 e. The van der Waals surface area contributed by atoms with Crippen LogP contribution in [0.1, 0.15) is 31.4 Å². The van der Waals surface area contributed by atoms with Crippen molar-refractivity contribution in [1.29, 1.82) is 0 Å². The van der Waals surface area contributed by atoms with Gasteiger partial charge < -0.3 is 14.2 Å². The summed E-state index contributed by atoms with van der Waals surface area (Å²) in [5, 5.41) is 2.84. The lowest BCUT2D eigenvalue weighted by molar-refractivity contribution is -0.122. The molecule has 202 valence electrons. The topological polar surface area (TPSA) is 94.2 Å². The van der Waals surface area contributed by atoms with Crippen molar-refractivity contribution in [3.63, 3.8) is 0 Å².